The van der Waals surface area contributed by atoms with Crippen molar-refractivity contribution >= 4 is 15.7 Å². The Morgan fingerprint density at radius 1 is 1.04 bits per heavy atom. The van der Waals surface area contributed by atoms with Gasteiger partial charge in [-0.2, -0.15) is 0 Å². The first-order valence-electron chi connectivity index (χ1n) is 9.15. The molecule has 0 radical (unpaired) electrons. The van der Waals surface area contributed by atoms with Gasteiger partial charge in [-0.05, 0) is 51.6 Å². The van der Waals surface area contributed by atoms with Crippen molar-refractivity contribution in [2.75, 3.05) is 25.9 Å². The lowest BCUT2D eigenvalue weighted by molar-refractivity contribution is -0.135. The van der Waals surface area contributed by atoms with Crippen LogP contribution >= 0.6 is 0 Å². The van der Waals surface area contributed by atoms with Crippen LogP contribution in [0.5, 0.6) is 0 Å². The summed E-state index contributed by atoms with van der Waals surface area (Å²) in [5, 5.41) is 0. The topological polar surface area (TPSA) is 57.7 Å². The van der Waals surface area contributed by atoms with Gasteiger partial charge in [-0.1, -0.05) is 19.8 Å². The lowest BCUT2D eigenvalue weighted by Crippen LogP contribution is -2.56. The van der Waals surface area contributed by atoms with Crippen LogP contribution in [0.1, 0.15) is 58.3 Å². The summed E-state index contributed by atoms with van der Waals surface area (Å²) in [4.78, 5) is 17.7. The number of sulfone groups is 1. The number of likely N-dealkylation sites (tertiary alicyclic amines) is 2. The molecule has 0 aromatic rings. The normalized spacial score (nSPS) is 31.8. The van der Waals surface area contributed by atoms with Gasteiger partial charge in [-0.3, -0.25) is 9.69 Å². The van der Waals surface area contributed by atoms with Crippen LogP contribution in [-0.2, 0) is 14.6 Å². The van der Waals surface area contributed by atoms with Gasteiger partial charge in [-0.15, -0.1) is 0 Å². The van der Waals surface area contributed by atoms with Crippen molar-refractivity contribution in [3.63, 3.8) is 0 Å². The van der Waals surface area contributed by atoms with Crippen molar-refractivity contribution in [2.24, 2.45) is 0 Å². The first kappa shape index (κ1) is 17.2. The molecule has 2 unspecified atom stereocenters. The second-order valence-corrected chi connectivity index (χ2v) is 9.85. The van der Waals surface area contributed by atoms with Crippen LogP contribution < -0.4 is 0 Å². The van der Waals surface area contributed by atoms with Crippen molar-refractivity contribution in [1.82, 2.24) is 9.80 Å². The fourth-order valence-corrected chi connectivity index (χ4v) is 6.54. The number of nitrogens with zero attached hydrogens (tertiary/aromatic N) is 2. The highest BCUT2D eigenvalue weighted by Crippen LogP contribution is 2.41. The molecule has 1 saturated carbocycles. The molecular weight excluding hydrogens is 312 g/mol. The van der Waals surface area contributed by atoms with Crippen LogP contribution in [0.25, 0.3) is 0 Å². The molecule has 2 saturated heterocycles. The molecule has 1 aliphatic carbocycles. The second-order valence-electron chi connectivity index (χ2n) is 7.52. The number of carbonyl (C=O) groups excluding carboxylic acids is 1. The summed E-state index contributed by atoms with van der Waals surface area (Å²) < 4.78 is 23.8. The molecule has 2 atom stereocenters. The molecule has 3 aliphatic rings. The highest BCUT2D eigenvalue weighted by atomic mass is 32.2. The summed E-state index contributed by atoms with van der Waals surface area (Å²) in [6, 6.07) is 0.633. The maximum absolute atomic E-state index is 13.3. The Morgan fingerprint density at radius 3 is 2.26 bits per heavy atom. The van der Waals surface area contributed by atoms with Gasteiger partial charge in [0.05, 0.1) is 0 Å². The predicted molar refractivity (Wildman–Crippen MR) is 91.0 cm³/mol. The first-order valence-corrected chi connectivity index (χ1v) is 11.0. The van der Waals surface area contributed by atoms with Gasteiger partial charge in [-0.25, -0.2) is 8.42 Å². The molecule has 2 heterocycles. The maximum atomic E-state index is 13.3. The SMILES string of the molecule is CCN1CCCC1C1CCCN1C(=O)C1(S(C)(=O)=O)CCCC1. The van der Waals surface area contributed by atoms with Gasteiger partial charge >= 0.3 is 0 Å². The Labute approximate surface area is 140 Å². The van der Waals surface area contributed by atoms with E-state index in [0.717, 1.165) is 51.7 Å². The van der Waals surface area contributed by atoms with Gasteiger partial charge in [0, 0.05) is 24.9 Å². The highest BCUT2D eigenvalue weighted by Gasteiger charge is 2.54. The van der Waals surface area contributed by atoms with Crippen LogP contribution in [0.4, 0.5) is 0 Å². The molecule has 23 heavy (non-hydrogen) atoms. The standard InChI is InChI=1S/C17H30N2O3S/c1-3-18-12-6-8-14(18)15-9-7-13-19(15)16(20)17(23(2,21)22)10-4-5-11-17/h14-15H,3-13H2,1-2H3. The molecule has 2 aliphatic heterocycles. The molecular formula is C17H30N2O3S. The summed E-state index contributed by atoms with van der Waals surface area (Å²) >= 11 is 0. The summed E-state index contributed by atoms with van der Waals surface area (Å²) in [5.41, 5.74) is 0. The van der Waals surface area contributed by atoms with E-state index in [0.29, 0.717) is 18.9 Å². The largest absolute Gasteiger partial charge is 0.337 e. The highest BCUT2D eigenvalue weighted by molar-refractivity contribution is 7.92. The van der Waals surface area contributed by atoms with Crippen LogP contribution in [-0.4, -0.2) is 66.8 Å². The summed E-state index contributed by atoms with van der Waals surface area (Å²) in [6.07, 6.45) is 8.32. The minimum Gasteiger partial charge on any atom is -0.337 e. The molecule has 5 nitrogen and oxygen atoms in total. The smallest absolute Gasteiger partial charge is 0.244 e. The summed E-state index contributed by atoms with van der Waals surface area (Å²) in [6.45, 7) is 5.03. The van der Waals surface area contributed by atoms with Gasteiger partial charge in [0.2, 0.25) is 5.91 Å². The maximum Gasteiger partial charge on any atom is 0.244 e. The average molecular weight is 343 g/mol. The molecule has 0 spiro atoms. The zero-order valence-corrected chi connectivity index (χ0v) is 15.3. The third-order valence-corrected chi connectivity index (χ3v) is 8.34. The molecule has 3 fully saturated rings. The molecule has 0 aromatic carbocycles. The average Bonchev–Trinajstić information content (AvgIpc) is 3.23. The van der Waals surface area contributed by atoms with Gasteiger partial charge in [0.25, 0.3) is 0 Å². The van der Waals surface area contributed by atoms with E-state index in [1.54, 1.807) is 0 Å². The van der Waals surface area contributed by atoms with E-state index in [1.165, 1.54) is 12.7 Å². The van der Waals surface area contributed by atoms with Crippen LogP contribution in [0.2, 0.25) is 0 Å². The predicted octanol–water partition coefficient (Wildman–Crippen LogP) is 1.82. The molecule has 0 bridgehead atoms. The second kappa shape index (κ2) is 6.36. The number of amides is 1. The molecule has 3 rings (SSSR count). The van der Waals surface area contributed by atoms with E-state index >= 15 is 0 Å². The zero-order chi connectivity index (χ0) is 16.7. The molecule has 0 aromatic heterocycles. The third kappa shape index (κ3) is 2.82. The van der Waals surface area contributed by atoms with Gasteiger partial charge < -0.3 is 4.90 Å². The first-order chi connectivity index (χ1) is 10.9. The van der Waals surface area contributed by atoms with E-state index in [9.17, 15) is 13.2 Å². The van der Waals surface area contributed by atoms with E-state index in [-0.39, 0.29) is 11.9 Å². The molecule has 6 heteroatoms. The summed E-state index contributed by atoms with van der Waals surface area (Å²) in [5.74, 6) is -0.0945. The molecule has 0 N–H and O–H groups in total. The Hall–Kier alpha value is -0.620. The van der Waals surface area contributed by atoms with Crippen molar-refractivity contribution in [3.8, 4) is 0 Å². The minimum absolute atomic E-state index is 0.0945. The third-order valence-electron chi connectivity index (χ3n) is 6.34. The Morgan fingerprint density at radius 2 is 1.65 bits per heavy atom. The van der Waals surface area contributed by atoms with Crippen LogP contribution in [0.3, 0.4) is 0 Å². The monoisotopic (exact) mass is 342 g/mol. The quantitative estimate of drug-likeness (QED) is 0.782. The Bertz CT molecular complexity index is 554. The number of rotatable bonds is 4. The van der Waals surface area contributed by atoms with Gasteiger partial charge in [0.1, 0.15) is 0 Å². The van der Waals surface area contributed by atoms with E-state index < -0.39 is 14.6 Å². The fourth-order valence-electron chi connectivity index (χ4n) is 5.08. The Balaban J connectivity index is 1.86. The lowest BCUT2D eigenvalue weighted by Gasteiger charge is -2.38. The molecule has 132 valence electrons. The summed E-state index contributed by atoms with van der Waals surface area (Å²) in [7, 11) is -3.37. The van der Waals surface area contributed by atoms with Gasteiger partial charge in [0.15, 0.2) is 14.6 Å². The zero-order valence-electron chi connectivity index (χ0n) is 14.5. The van der Waals surface area contributed by atoms with E-state index in [4.69, 9.17) is 0 Å². The van der Waals surface area contributed by atoms with Crippen molar-refractivity contribution in [3.05, 3.63) is 0 Å². The number of hydrogen-bond donors (Lipinski definition) is 0. The lowest BCUT2D eigenvalue weighted by atomic mass is 10.00. The fraction of sp³-hybridized carbons (Fsp3) is 0.941. The minimum atomic E-state index is -3.37. The van der Waals surface area contributed by atoms with Crippen molar-refractivity contribution in [1.29, 1.82) is 0 Å². The van der Waals surface area contributed by atoms with Crippen LogP contribution in [0.15, 0.2) is 0 Å². The Kier molecular flexibility index (Phi) is 4.76. The van der Waals surface area contributed by atoms with Crippen molar-refractivity contribution < 1.29 is 13.2 Å². The number of likely N-dealkylation sites (N-methyl/N-ethyl adjacent to an activating group) is 1. The van der Waals surface area contributed by atoms with E-state index in [2.05, 4.69) is 11.8 Å². The number of hydrogen-bond acceptors (Lipinski definition) is 4. The van der Waals surface area contributed by atoms with Crippen molar-refractivity contribution in [2.45, 2.75) is 75.1 Å². The van der Waals surface area contributed by atoms with Crippen LogP contribution in [0, 0.1) is 0 Å². The number of carbonyl (C=O) groups is 1. The van der Waals surface area contributed by atoms with E-state index in [1.807, 2.05) is 4.90 Å². The molecule has 1 amide bonds.